The average Bonchev–Trinajstić information content (AvgIpc) is 3.01. The SMILES string of the molecule is Fc1ccc(C2OCC3(CO2)CSC(c2ccc(F)cc2)N3)cc1. The van der Waals surface area contributed by atoms with Crippen LogP contribution in [-0.2, 0) is 9.47 Å². The lowest BCUT2D eigenvalue weighted by molar-refractivity contribution is -0.212. The Bertz CT molecular complexity index is 700. The minimum Gasteiger partial charge on any atom is -0.346 e. The van der Waals surface area contributed by atoms with Gasteiger partial charge in [-0.3, -0.25) is 5.32 Å². The summed E-state index contributed by atoms with van der Waals surface area (Å²) in [6.07, 6.45) is -0.465. The van der Waals surface area contributed by atoms with Gasteiger partial charge in [0.05, 0.1) is 24.1 Å². The zero-order valence-corrected chi connectivity index (χ0v) is 13.7. The standard InChI is InChI=1S/C18H17F2NO2S/c19-14-5-1-12(2-6-14)16-21-18(11-24-16)9-22-17(23-10-18)13-3-7-15(20)8-4-13/h1-8,16-17,21H,9-11H2. The largest absolute Gasteiger partial charge is 0.346 e. The second kappa shape index (κ2) is 6.44. The van der Waals surface area contributed by atoms with Crippen molar-refractivity contribution in [3.8, 4) is 0 Å². The van der Waals surface area contributed by atoms with E-state index >= 15 is 0 Å². The molecule has 24 heavy (non-hydrogen) atoms. The molecule has 2 fully saturated rings. The molecule has 0 bridgehead atoms. The number of rotatable bonds is 2. The van der Waals surface area contributed by atoms with E-state index in [1.807, 2.05) is 0 Å². The first-order valence-electron chi connectivity index (χ1n) is 7.77. The Balaban J connectivity index is 1.40. The van der Waals surface area contributed by atoms with Gasteiger partial charge in [-0.25, -0.2) is 8.78 Å². The molecule has 126 valence electrons. The van der Waals surface area contributed by atoms with Crippen molar-refractivity contribution >= 4 is 11.8 Å². The summed E-state index contributed by atoms with van der Waals surface area (Å²) < 4.78 is 37.8. The van der Waals surface area contributed by atoms with Crippen molar-refractivity contribution in [2.45, 2.75) is 17.2 Å². The molecule has 2 aromatic carbocycles. The minimum absolute atomic E-state index is 0.0974. The predicted molar refractivity (Wildman–Crippen MR) is 88.5 cm³/mol. The molecule has 2 aliphatic heterocycles. The van der Waals surface area contributed by atoms with E-state index in [-0.39, 0.29) is 22.5 Å². The Hall–Kier alpha value is -1.47. The second-order valence-corrected chi connectivity index (χ2v) is 7.27. The van der Waals surface area contributed by atoms with Gasteiger partial charge in [-0.1, -0.05) is 24.3 Å². The van der Waals surface area contributed by atoms with Gasteiger partial charge in [0.25, 0.3) is 0 Å². The van der Waals surface area contributed by atoms with E-state index in [1.165, 1.54) is 24.3 Å². The number of benzene rings is 2. The Morgan fingerprint density at radius 2 is 1.42 bits per heavy atom. The summed E-state index contributed by atoms with van der Waals surface area (Å²) in [4.78, 5) is 0. The zero-order valence-electron chi connectivity index (χ0n) is 12.9. The van der Waals surface area contributed by atoms with Crippen LogP contribution in [0.15, 0.2) is 48.5 Å². The molecular formula is C18H17F2NO2S. The molecule has 2 saturated heterocycles. The first kappa shape index (κ1) is 16.0. The Kier molecular flexibility index (Phi) is 4.30. The molecule has 1 spiro atoms. The summed E-state index contributed by atoms with van der Waals surface area (Å²) in [5.74, 6) is 0.343. The fourth-order valence-electron chi connectivity index (χ4n) is 2.96. The number of halogens is 2. The van der Waals surface area contributed by atoms with Gasteiger partial charge >= 0.3 is 0 Å². The first-order valence-corrected chi connectivity index (χ1v) is 8.82. The van der Waals surface area contributed by atoms with E-state index < -0.39 is 6.29 Å². The summed E-state index contributed by atoms with van der Waals surface area (Å²) >= 11 is 1.76. The predicted octanol–water partition coefficient (Wildman–Crippen LogP) is 3.78. The average molecular weight is 349 g/mol. The van der Waals surface area contributed by atoms with Crippen LogP contribution in [0.5, 0.6) is 0 Å². The molecule has 3 nitrogen and oxygen atoms in total. The topological polar surface area (TPSA) is 30.5 Å². The van der Waals surface area contributed by atoms with Crippen molar-refractivity contribution < 1.29 is 18.3 Å². The maximum absolute atomic E-state index is 13.1. The van der Waals surface area contributed by atoms with Crippen LogP contribution in [0.2, 0.25) is 0 Å². The Labute approximate surface area is 143 Å². The minimum atomic E-state index is -0.465. The monoisotopic (exact) mass is 349 g/mol. The number of hydrogen-bond acceptors (Lipinski definition) is 4. The van der Waals surface area contributed by atoms with Crippen molar-refractivity contribution in [3.05, 3.63) is 71.3 Å². The first-order chi connectivity index (χ1) is 11.6. The van der Waals surface area contributed by atoms with Crippen LogP contribution in [0.4, 0.5) is 8.78 Å². The van der Waals surface area contributed by atoms with Crippen LogP contribution >= 0.6 is 11.8 Å². The Morgan fingerprint density at radius 1 is 0.875 bits per heavy atom. The highest BCUT2D eigenvalue weighted by Crippen LogP contribution is 2.41. The van der Waals surface area contributed by atoms with Gasteiger partial charge < -0.3 is 9.47 Å². The van der Waals surface area contributed by atoms with E-state index in [9.17, 15) is 8.78 Å². The lowest BCUT2D eigenvalue weighted by Crippen LogP contribution is -2.54. The molecule has 0 aliphatic carbocycles. The number of hydrogen-bond donors (Lipinski definition) is 1. The summed E-state index contributed by atoms with van der Waals surface area (Å²) in [7, 11) is 0. The van der Waals surface area contributed by atoms with Crippen LogP contribution in [0, 0.1) is 11.6 Å². The molecule has 1 atom stereocenters. The molecular weight excluding hydrogens is 332 g/mol. The maximum Gasteiger partial charge on any atom is 0.183 e. The normalized spacial score (nSPS) is 29.9. The summed E-state index contributed by atoms with van der Waals surface area (Å²) in [6.45, 7) is 1.03. The van der Waals surface area contributed by atoms with Crippen LogP contribution in [0.25, 0.3) is 0 Å². The van der Waals surface area contributed by atoms with Gasteiger partial charge in [0, 0.05) is 11.3 Å². The lowest BCUT2D eigenvalue weighted by atomic mass is 10.0. The quantitative estimate of drug-likeness (QED) is 0.894. The fraction of sp³-hybridized carbons (Fsp3) is 0.333. The van der Waals surface area contributed by atoms with Crippen LogP contribution in [0.1, 0.15) is 22.8 Å². The highest BCUT2D eigenvalue weighted by Gasteiger charge is 2.44. The van der Waals surface area contributed by atoms with E-state index in [0.717, 1.165) is 16.9 Å². The summed E-state index contributed by atoms with van der Waals surface area (Å²) in [5, 5.41) is 3.65. The van der Waals surface area contributed by atoms with E-state index in [1.54, 1.807) is 36.0 Å². The van der Waals surface area contributed by atoms with Crippen LogP contribution in [-0.4, -0.2) is 24.5 Å². The molecule has 2 aliphatic rings. The van der Waals surface area contributed by atoms with Crippen LogP contribution in [0.3, 0.4) is 0 Å². The summed E-state index contributed by atoms with van der Waals surface area (Å²) in [6, 6.07) is 12.7. The van der Waals surface area contributed by atoms with Crippen molar-refractivity contribution in [1.29, 1.82) is 0 Å². The maximum atomic E-state index is 13.1. The van der Waals surface area contributed by atoms with Gasteiger partial charge in [0.1, 0.15) is 11.6 Å². The zero-order chi connectivity index (χ0) is 16.6. The highest BCUT2D eigenvalue weighted by molar-refractivity contribution is 7.99. The van der Waals surface area contributed by atoms with Gasteiger partial charge in [-0.15, -0.1) is 11.8 Å². The molecule has 4 rings (SSSR count). The van der Waals surface area contributed by atoms with Gasteiger partial charge in [-0.2, -0.15) is 0 Å². The van der Waals surface area contributed by atoms with E-state index in [0.29, 0.717) is 13.2 Å². The van der Waals surface area contributed by atoms with E-state index in [4.69, 9.17) is 9.47 Å². The lowest BCUT2D eigenvalue weighted by Gasteiger charge is -2.37. The van der Waals surface area contributed by atoms with E-state index in [2.05, 4.69) is 5.32 Å². The molecule has 2 heterocycles. The number of ether oxygens (including phenoxy) is 2. The molecule has 0 saturated carbocycles. The Morgan fingerprint density at radius 3 is 2.00 bits per heavy atom. The summed E-state index contributed by atoms with van der Waals surface area (Å²) in [5.41, 5.74) is 1.60. The van der Waals surface area contributed by atoms with Gasteiger partial charge in [-0.05, 0) is 29.8 Å². The van der Waals surface area contributed by atoms with Crippen molar-refractivity contribution in [1.82, 2.24) is 5.32 Å². The van der Waals surface area contributed by atoms with Crippen LogP contribution < -0.4 is 5.32 Å². The van der Waals surface area contributed by atoms with Gasteiger partial charge in [0.15, 0.2) is 6.29 Å². The number of nitrogens with one attached hydrogen (secondary N) is 1. The fourth-order valence-corrected chi connectivity index (χ4v) is 4.38. The molecule has 2 aromatic rings. The molecule has 6 heteroatoms. The third-order valence-electron chi connectivity index (χ3n) is 4.30. The molecule has 0 aromatic heterocycles. The third kappa shape index (κ3) is 3.19. The van der Waals surface area contributed by atoms with Gasteiger partial charge in [0.2, 0.25) is 0 Å². The molecule has 1 unspecified atom stereocenters. The number of thioether (sulfide) groups is 1. The highest BCUT2D eigenvalue weighted by atomic mass is 32.2. The smallest absolute Gasteiger partial charge is 0.183 e. The molecule has 0 amide bonds. The third-order valence-corrected chi connectivity index (χ3v) is 5.74. The van der Waals surface area contributed by atoms with Crippen molar-refractivity contribution in [2.75, 3.05) is 19.0 Å². The van der Waals surface area contributed by atoms with Crippen molar-refractivity contribution in [2.24, 2.45) is 0 Å². The molecule has 0 radical (unpaired) electrons. The molecule has 1 N–H and O–H groups in total. The van der Waals surface area contributed by atoms with Crippen molar-refractivity contribution in [3.63, 3.8) is 0 Å². The second-order valence-electron chi connectivity index (χ2n) is 6.17.